The smallest absolute Gasteiger partial charge is 0.315 e. The van der Waals surface area contributed by atoms with Crippen molar-refractivity contribution < 1.29 is 14.3 Å². The van der Waals surface area contributed by atoms with Crippen molar-refractivity contribution in [2.45, 2.75) is 25.8 Å². The molecular formula is C13H18BrFN2O2. The molecule has 4 nitrogen and oxygen atoms in total. The molecule has 3 N–H and O–H groups in total. The van der Waals surface area contributed by atoms with Gasteiger partial charge in [0.2, 0.25) is 0 Å². The van der Waals surface area contributed by atoms with E-state index in [1.54, 1.807) is 12.1 Å². The third kappa shape index (κ3) is 5.57. The topological polar surface area (TPSA) is 61.4 Å². The molecule has 1 aromatic carbocycles. The first kappa shape index (κ1) is 15.9. The van der Waals surface area contributed by atoms with Crippen LogP contribution < -0.4 is 10.6 Å². The molecule has 0 radical (unpaired) electrons. The average Bonchev–Trinajstić information content (AvgIpc) is 2.40. The average molecular weight is 333 g/mol. The number of carbonyl (C=O) groups is 1. The number of benzene rings is 1. The Hall–Kier alpha value is -1.14. The Morgan fingerprint density at radius 3 is 2.89 bits per heavy atom. The van der Waals surface area contributed by atoms with E-state index in [2.05, 4.69) is 26.6 Å². The molecule has 0 aliphatic heterocycles. The van der Waals surface area contributed by atoms with Crippen LogP contribution in [0.1, 0.15) is 18.9 Å². The Kier molecular flexibility index (Phi) is 6.80. The number of urea groups is 1. The molecule has 1 unspecified atom stereocenters. The number of aliphatic hydroxyl groups is 1. The fourth-order valence-electron chi connectivity index (χ4n) is 1.56. The fourth-order valence-corrected chi connectivity index (χ4v) is 1.97. The lowest BCUT2D eigenvalue weighted by Gasteiger charge is -2.14. The van der Waals surface area contributed by atoms with Gasteiger partial charge in [-0.3, -0.25) is 0 Å². The van der Waals surface area contributed by atoms with E-state index in [1.807, 2.05) is 6.92 Å². The van der Waals surface area contributed by atoms with Crippen molar-refractivity contribution in [3.05, 3.63) is 34.1 Å². The molecule has 1 atom stereocenters. The monoisotopic (exact) mass is 332 g/mol. The summed E-state index contributed by atoms with van der Waals surface area (Å²) in [5.41, 5.74) is 0.545. The molecule has 0 saturated carbocycles. The zero-order valence-electron chi connectivity index (χ0n) is 10.7. The Balaban J connectivity index is 2.37. The maximum absolute atomic E-state index is 13.4. The normalized spacial score (nSPS) is 12.0. The van der Waals surface area contributed by atoms with Gasteiger partial charge < -0.3 is 15.7 Å². The van der Waals surface area contributed by atoms with Crippen molar-refractivity contribution >= 4 is 22.0 Å². The predicted molar refractivity (Wildman–Crippen MR) is 75.5 cm³/mol. The van der Waals surface area contributed by atoms with Gasteiger partial charge >= 0.3 is 6.03 Å². The molecule has 0 aromatic heterocycles. The predicted octanol–water partition coefficient (Wildman–Crippen LogP) is 2.20. The number of nitrogens with one attached hydrogen (secondary N) is 2. The number of hydrogen-bond donors (Lipinski definition) is 3. The molecule has 0 fully saturated rings. The maximum Gasteiger partial charge on any atom is 0.315 e. The Labute approximate surface area is 120 Å². The van der Waals surface area contributed by atoms with Crippen LogP contribution >= 0.6 is 15.9 Å². The van der Waals surface area contributed by atoms with E-state index in [0.29, 0.717) is 24.9 Å². The summed E-state index contributed by atoms with van der Waals surface area (Å²) in [6.07, 6.45) is 1.07. The lowest BCUT2D eigenvalue weighted by Crippen LogP contribution is -2.44. The van der Waals surface area contributed by atoms with Crippen molar-refractivity contribution in [1.29, 1.82) is 0 Å². The lowest BCUT2D eigenvalue weighted by atomic mass is 10.1. The van der Waals surface area contributed by atoms with Crippen molar-refractivity contribution in [1.82, 2.24) is 10.6 Å². The first-order chi connectivity index (χ1) is 9.06. The van der Waals surface area contributed by atoms with E-state index in [9.17, 15) is 9.18 Å². The minimum absolute atomic E-state index is 0.0931. The van der Waals surface area contributed by atoms with E-state index < -0.39 is 0 Å². The number of amides is 2. The van der Waals surface area contributed by atoms with Crippen LogP contribution in [-0.2, 0) is 6.42 Å². The largest absolute Gasteiger partial charge is 0.394 e. The Morgan fingerprint density at radius 2 is 2.26 bits per heavy atom. The highest BCUT2D eigenvalue weighted by Gasteiger charge is 2.09. The Morgan fingerprint density at radius 1 is 1.53 bits per heavy atom. The molecule has 0 spiro atoms. The van der Waals surface area contributed by atoms with Gasteiger partial charge in [0.05, 0.1) is 12.6 Å². The highest BCUT2D eigenvalue weighted by molar-refractivity contribution is 9.10. The molecule has 0 aliphatic carbocycles. The zero-order chi connectivity index (χ0) is 14.3. The van der Waals surface area contributed by atoms with E-state index >= 15 is 0 Å². The minimum Gasteiger partial charge on any atom is -0.394 e. The van der Waals surface area contributed by atoms with Crippen LogP contribution in [0.2, 0.25) is 0 Å². The summed E-state index contributed by atoms with van der Waals surface area (Å²) >= 11 is 3.27. The molecule has 0 heterocycles. The highest BCUT2D eigenvalue weighted by Crippen LogP contribution is 2.15. The summed E-state index contributed by atoms with van der Waals surface area (Å²) in [6, 6.07) is 4.11. The number of rotatable bonds is 6. The second kappa shape index (κ2) is 8.12. The molecule has 19 heavy (non-hydrogen) atoms. The van der Waals surface area contributed by atoms with Gasteiger partial charge in [-0.25, -0.2) is 9.18 Å². The Bertz CT molecular complexity index is 425. The molecule has 0 saturated heterocycles. The van der Waals surface area contributed by atoms with Crippen molar-refractivity contribution in [3.8, 4) is 0 Å². The lowest BCUT2D eigenvalue weighted by molar-refractivity contribution is 0.214. The van der Waals surface area contributed by atoms with Crippen LogP contribution in [0.25, 0.3) is 0 Å². The van der Waals surface area contributed by atoms with E-state index in [-0.39, 0.29) is 24.5 Å². The summed E-state index contributed by atoms with van der Waals surface area (Å²) in [5, 5.41) is 14.2. The zero-order valence-corrected chi connectivity index (χ0v) is 12.3. The second-order valence-corrected chi connectivity index (χ2v) is 5.09. The molecule has 0 bridgehead atoms. The fraction of sp³-hybridized carbons (Fsp3) is 0.462. The van der Waals surface area contributed by atoms with Gasteiger partial charge in [-0.05, 0) is 36.6 Å². The first-order valence-electron chi connectivity index (χ1n) is 6.16. The SMILES string of the molecule is CCC(CO)NC(=O)NCCc1cc(Br)ccc1F. The summed E-state index contributed by atoms with van der Waals surface area (Å²) in [6.45, 7) is 2.11. The molecule has 106 valence electrons. The van der Waals surface area contributed by atoms with Crippen LogP contribution in [0.4, 0.5) is 9.18 Å². The number of hydrogen-bond acceptors (Lipinski definition) is 2. The number of aliphatic hydroxyl groups excluding tert-OH is 1. The highest BCUT2D eigenvalue weighted by atomic mass is 79.9. The second-order valence-electron chi connectivity index (χ2n) is 4.17. The van der Waals surface area contributed by atoms with Gasteiger partial charge in [-0.15, -0.1) is 0 Å². The van der Waals surface area contributed by atoms with Crippen molar-refractivity contribution in [2.75, 3.05) is 13.2 Å². The van der Waals surface area contributed by atoms with Gasteiger partial charge in [-0.1, -0.05) is 22.9 Å². The summed E-state index contributed by atoms with van der Waals surface area (Å²) in [7, 11) is 0. The van der Waals surface area contributed by atoms with Gasteiger partial charge in [0.15, 0.2) is 0 Å². The van der Waals surface area contributed by atoms with Gasteiger partial charge in [0.1, 0.15) is 5.82 Å². The maximum atomic E-state index is 13.4. The summed E-state index contributed by atoms with van der Waals surface area (Å²) < 4.78 is 14.2. The van der Waals surface area contributed by atoms with Gasteiger partial charge in [0.25, 0.3) is 0 Å². The van der Waals surface area contributed by atoms with E-state index in [1.165, 1.54) is 6.07 Å². The van der Waals surface area contributed by atoms with Crippen LogP contribution in [0.5, 0.6) is 0 Å². The number of halogens is 2. The van der Waals surface area contributed by atoms with Crippen LogP contribution in [-0.4, -0.2) is 30.3 Å². The number of carbonyl (C=O) groups excluding carboxylic acids is 1. The quantitative estimate of drug-likeness (QED) is 0.747. The molecule has 1 rings (SSSR count). The van der Waals surface area contributed by atoms with Crippen LogP contribution in [0.3, 0.4) is 0 Å². The minimum atomic E-state index is -0.351. The van der Waals surface area contributed by atoms with Crippen LogP contribution in [0.15, 0.2) is 22.7 Å². The molecule has 0 aliphatic rings. The standard InChI is InChI=1S/C13H18BrFN2O2/c1-2-11(8-18)17-13(19)16-6-5-9-7-10(14)3-4-12(9)15/h3-4,7,11,18H,2,5-6,8H2,1H3,(H2,16,17,19). The first-order valence-corrected chi connectivity index (χ1v) is 6.95. The van der Waals surface area contributed by atoms with Gasteiger partial charge in [0, 0.05) is 11.0 Å². The molecule has 6 heteroatoms. The van der Waals surface area contributed by atoms with Crippen LogP contribution in [0, 0.1) is 5.82 Å². The molecule has 1 aromatic rings. The third-order valence-corrected chi connectivity index (χ3v) is 3.23. The van der Waals surface area contributed by atoms with Gasteiger partial charge in [-0.2, -0.15) is 0 Å². The van der Waals surface area contributed by atoms with E-state index in [4.69, 9.17) is 5.11 Å². The third-order valence-electron chi connectivity index (χ3n) is 2.74. The summed E-state index contributed by atoms with van der Waals surface area (Å²) in [4.78, 5) is 11.5. The van der Waals surface area contributed by atoms with Crippen molar-refractivity contribution in [2.24, 2.45) is 0 Å². The molecule has 2 amide bonds. The van der Waals surface area contributed by atoms with E-state index in [0.717, 1.165) is 4.47 Å². The van der Waals surface area contributed by atoms with Crippen molar-refractivity contribution in [3.63, 3.8) is 0 Å². The summed E-state index contributed by atoms with van der Waals surface area (Å²) in [5.74, 6) is -0.285. The molecular weight excluding hydrogens is 315 g/mol.